The number of nitrogens with zero attached hydrogens (tertiary/aromatic N) is 2. The third-order valence-corrected chi connectivity index (χ3v) is 4.22. The van der Waals surface area contributed by atoms with Crippen LogP contribution in [-0.2, 0) is 4.79 Å². The summed E-state index contributed by atoms with van der Waals surface area (Å²) in [7, 11) is 2.13. The highest BCUT2D eigenvalue weighted by Gasteiger charge is 2.29. The standard InChI is InChI=1S/C13H24Cl2N2O/c1-11(12-3-7-16(2)8-4-12)13(18)17(9-5-14)10-6-15/h11-12H,3-10H2,1-2H3. The zero-order valence-electron chi connectivity index (χ0n) is 11.4. The lowest BCUT2D eigenvalue weighted by atomic mass is 9.84. The fourth-order valence-electron chi connectivity index (χ4n) is 2.55. The van der Waals surface area contributed by atoms with Crippen LogP contribution in [-0.4, -0.2) is 60.7 Å². The second-order valence-corrected chi connectivity index (χ2v) is 5.89. The van der Waals surface area contributed by atoms with Gasteiger partial charge >= 0.3 is 0 Å². The molecule has 0 saturated carbocycles. The van der Waals surface area contributed by atoms with Gasteiger partial charge in [0.15, 0.2) is 0 Å². The topological polar surface area (TPSA) is 23.6 Å². The molecule has 0 aromatic rings. The van der Waals surface area contributed by atoms with E-state index in [1.165, 1.54) is 0 Å². The molecule has 0 aliphatic carbocycles. The molecule has 1 unspecified atom stereocenters. The van der Waals surface area contributed by atoms with Crippen LogP contribution in [0.15, 0.2) is 0 Å². The van der Waals surface area contributed by atoms with Crippen molar-refractivity contribution in [3.63, 3.8) is 0 Å². The van der Waals surface area contributed by atoms with E-state index < -0.39 is 0 Å². The second-order valence-electron chi connectivity index (χ2n) is 5.13. The van der Waals surface area contributed by atoms with Crippen LogP contribution in [0.25, 0.3) is 0 Å². The smallest absolute Gasteiger partial charge is 0.225 e. The highest BCUT2D eigenvalue weighted by Crippen LogP contribution is 2.25. The summed E-state index contributed by atoms with van der Waals surface area (Å²) in [6.45, 7) is 5.43. The van der Waals surface area contributed by atoms with E-state index in [9.17, 15) is 4.79 Å². The number of hydrogen-bond donors (Lipinski definition) is 0. The minimum absolute atomic E-state index is 0.0881. The van der Waals surface area contributed by atoms with Crippen molar-refractivity contribution in [2.45, 2.75) is 19.8 Å². The summed E-state index contributed by atoms with van der Waals surface area (Å²) >= 11 is 11.5. The molecule has 1 aliphatic rings. The lowest BCUT2D eigenvalue weighted by Gasteiger charge is -2.34. The summed E-state index contributed by atoms with van der Waals surface area (Å²) in [5.74, 6) is 1.75. The summed E-state index contributed by atoms with van der Waals surface area (Å²) in [6, 6.07) is 0. The summed E-state index contributed by atoms with van der Waals surface area (Å²) in [5.41, 5.74) is 0. The molecule has 18 heavy (non-hydrogen) atoms. The maximum absolute atomic E-state index is 12.4. The van der Waals surface area contributed by atoms with Crippen molar-refractivity contribution in [3.8, 4) is 0 Å². The average Bonchev–Trinajstić information content (AvgIpc) is 2.38. The molecule has 5 heteroatoms. The van der Waals surface area contributed by atoms with Crippen molar-refractivity contribution in [1.29, 1.82) is 0 Å². The third kappa shape index (κ3) is 4.60. The van der Waals surface area contributed by atoms with Crippen molar-refractivity contribution in [2.24, 2.45) is 11.8 Å². The molecule has 1 amide bonds. The van der Waals surface area contributed by atoms with Gasteiger partial charge in [-0.05, 0) is 38.9 Å². The van der Waals surface area contributed by atoms with E-state index in [0.717, 1.165) is 25.9 Å². The molecule has 1 heterocycles. The zero-order valence-corrected chi connectivity index (χ0v) is 12.9. The number of rotatable bonds is 6. The van der Waals surface area contributed by atoms with Crippen molar-refractivity contribution >= 4 is 29.1 Å². The Kier molecular flexibility index (Phi) is 7.35. The van der Waals surface area contributed by atoms with Gasteiger partial charge in [-0.3, -0.25) is 4.79 Å². The number of alkyl halides is 2. The molecule has 0 aromatic carbocycles. The van der Waals surface area contributed by atoms with Crippen LogP contribution in [0.1, 0.15) is 19.8 Å². The van der Waals surface area contributed by atoms with Gasteiger partial charge in [-0.25, -0.2) is 0 Å². The van der Waals surface area contributed by atoms with Gasteiger partial charge in [0.1, 0.15) is 0 Å². The molecule has 1 atom stereocenters. The molecule has 0 bridgehead atoms. The third-order valence-electron chi connectivity index (χ3n) is 3.88. The number of halogens is 2. The first-order valence-corrected chi connectivity index (χ1v) is 7.76. The van der Waals surface area contributed by atoms with E-state index in [1.54, 1.807) is 0 Å². The Labute approximate surface area is 120 Å². The van der Waals surface area contributed by atoms with Crippen molar-refractivity contribution in [3.05, 3.63) is 0 Å². The Morgan fingerprint density at radius 1 is 1.28 bits per heavy atom. The molecule has 0 radical (unpaired) electrons. The Bertz CT molecular complexity index is 249. The highest BCUT2D eigenvalue weighted by atomic mass is 35.5. The summed E-state index contributed by atoms with van der Waals surface area (Å²) in [4.78, 5) is 16.5. The van der Waals surface area contributed by atoms with Gasteiger partial charge in [-0.2, -0.15) is 0 Å². The van der Waals surface area contributed by atoms with E-state index in [4.69, 9.17) is 23.2 Å². The first-order valence-electron chi connectivity index (χ1n) is 6.69. The SMILES string of the molecule is CC(C(=O)N(CCCl)CCCl)C1CCN(C)CC1. The number of amides is 1. The van der Waals surface area contributed by atoms with Gasteiger partial charge in [-0.1, -0.05) is 6.92 Å². The van der Waals surface area contributed by atoms with Crippen LogP contribution in [0.4, 0.5) is 0 Å². The monoisotopic (exact) mass is 294 g/mol. The number of carbonyl (C=O) groups excluding carboxylic acids is 1. The molecule has 0 N–H and O–H groups in total. The van der Waals surface area contributed by atoms with Crippen LogP contribution in [0, 0.1) is 11.8 Å². The first kappa shape index (κ1) is 16.1. The van der Waals surface area contributed by atoms with Crippen LogP contribution < -0.4 is 0 Å². The molecule has 1 saturated heterocycles. The Balaban J connectivity index is 2.52. The van der Waals surface area contributed by atoms with Crippen molar-refractivity contribution < 1.29 is 4.79 Å². The van der Waals surface area contributed by atoms with E-state index in [2.05, 4.69) is 11.9 Å². The Morgan fingerprint density at radius 2 is 1.78 bits per heavy atom. The summed E-state index contributed by atoms with van der Waals surface area (Å²) in [5, 5.41) is 0. The van der Waals surface area contributed by atoms with Crippen molar-refractivity contribution in [2.75, 3.05) is 45.0 Å². The molecular formula is C13H24Cl2N2O. The largest absolute Gasteiger partial charge is 0.340 e. The molecule has 3 nitrogen and oxygen atoms in total. The zero-order chi connectivity index (χ0) is 13.5. The van der Waals surface area contributed by atoms with Crippen LogP contribution >= 0.6 is 23.2 Å². The minimum atomic E-state index is 0.0881. The quantitative estimate of drug-likeness (QED) is 0.702. The number of likely N-dealkylation sites (tertiary alicyclic amines) is 1. The van der Waals surface area contributed by atoms with Gasteiger partial charge in [0.05, 0.1) is 0 Å². The molecule has 0 spiro atoms. The fourth-order valence-corrected chi connectivity index (χ4v) is 2.96. The van der Waals surface area contributed by atoms with Gasteiger partial charge in [0.25, 0.3) is 0 Å². The summed E-state index contributed by atoms with van der Waals surface area (Å²) in [6.07, 6.45) is 2.22. The molecule has 1 rings (SSSR count). The van der Waals surface area contributed by atoms with E-state index in [1.807, 2.05) is 11.8 Å². The van der Waals surface area contributed by atoms with Gasteiger partial charge in [-0.15, -0.1) is 23.2 Å². The first-order chi connectivity index (χ1) is 8.60. The van der Waals surface area contributed by atoms with Gasteiger partial charge < -0.3 is 9.80 Å². The van der Waals surface area contributed by atoms with Crippen LogP contribution in [0.5, 0.6) is 0 Å². The lowest BCUT2D eigenvalue weighted by Crippen LogP contribution is -2.42. The Morgan fingerprint density at radius 3 is 2.22 bits per heavy atom. The van der Waals surface area contributed by atoms with E-state index in [-0.39, 0.29) is 11.8 Å². The number of carbonyl (C=O) groups is 1. The van der Waals surface area contributed by atoms with Crippen LogP contribution in [0.2, 0.25) is 0 Å². The fraction of sp³-hybridized carbons (Fsp3) is 0.923. The highest BCUT2D eigenvalue weighted by molar-refractivity contribution is 6.18. The predicted molar refractivity (Wildman–Crippen MR) is 77.4 cm³/mol. The Hall–Kier alpha value is 0.01000. The molecule has 0 aromatic heterocycles. The predicted octanol–water partition coefficient (Wildman–Crippen LogP) is 2.27. The maximum Gasteiger partial charge on any atom is 0.225 e. The number of hydrogen-bond acceptors (Lipinski definition) is 2. The average molecular weight is 295 g/mol. The van der Waals surface area contributed by atoms with Crippen molar-refractivity contribution in [1.82, 2.24) is 9.80 Å². The van der Waals surface area contributed by atoms with E-state index >= 15 is 0 Å². The normalized spacial score (nSPS) is 19.8. The molecular weight excluding hydrogens is 271 g/mol. The molecule has 1 fully saturated rings. The second kappa shape index (κ2) is 8.23. The minimum Gasteiger partial charge on any atom is -0.340 e. The number of piperidine rings is 1. The van der Waals surface area contributed by atoms with Crippen LogP contribution in [0.3, 0.4) is 0 Å². The van der Waals surface area contributed by atoms with E-state index in [0.29, 0.717) is 30.8 Å². The van der Waals surface area contributed by atoms with Gasteiger partial charge in [0, 0.05) is 30.8 Å². The molecule has 106 valence electrons. The van der Waals surface area contributed by atoms with Gasteiger partial charge in [0.2, 0.25) is 5.91 Å². The lowest BCUT2D eigenvalue weighted by molar-refractivity contribution is -0.136. The maximum atomic E-state index is 12.4. The summed E-state index contributed by atoms with van der Waals surface area (Å²) < 4.78 is 0. The molecule has 1 aliphatic heterocycles.